The summed E-state index contributed by atoms with van der Waals surface area (Å²) >= 11 is 1.63. The Balaban J connectivity index is 1.52. The van der Waals surface area contributed by atoms with Gasteiger partial charge in [-0.25, -0.2) is 0 Å². The summed E-state index contributed by atoms with van der Waals surface area (Å²) in [6.07, 6.45) is 6.76. The van der Waals surface area contributed by atoms with Gasteiger partial charge in [-0.3, -0.25) is 4.79 Å². The minimum absolute atomic E-state index is 0.110. The Labute approximate surface area is 206 Å². The second kappa shape index (κ2) is 10.1. The van der Waals surface area contributed by atoms with Crippen molar-refractivity contribution >= 4 is 40.2 Å². The fourth-order valence-electron chi connectivity index (χ4n) is 5.21. The minimum atomic E-state index is -0.110. The first kappa shape index (κ1) is 22.9. The molecule has 34 heavy (non-hydrogen) atoms. The van der Waals surface area contributed by atoms with Crippen LogP contribution in [0.3, 0.4) is 0 Å². The van der Waals surface area contributed by atoms with Gasteiger partial charge in [0.05, 0.1) is 11.5 Å². The summed E-state index contributed by atoms with van der Waals surface area (Å²) in [5, 5.41) is 5.80. The van der Waals surface area contributed by atoms with Gasteiger partial charge >= 0.3 is 0 Å². The van der Waals surface area contributed by atoms with Crippen molar-refractivity contribution in [2.75, 3.05) is 11.9 Å². The largest absolute Gasteiger partial charge is 0.493 e. The number of rotatable bonds is 6. The number of nitrogens with zero attached hydrogens (tertiary/aromatic N) is 1. The van der Waals surface area contributed by atoms with Gasteiger partial charge in [-0.15, -0.1) is 0 Å². The van der Waals surface area contributed by atoms with Crippen molar-refractivity contribution in [2.45, 2.75) is 51.1 Å². The van der Waals surface area contributed by atoms with E-state index in [0.29, 0.717) is 12.5 Å². The summed E-state index contributed by atoms with van der Waals surface area (Å²) in [6.45, 7) is 4.92. The van der Waals surface area contributed by atoms with Crippen LogP contribution in [0, 0.1) is 5.92 Å². The molecule has 1 saturated carbocycles. The van der Waals surface area contributed by atoms with E-state index in [1.165, 1.54) is 19.3 Å². The number of hydrogen-bond acceptors (Lipinski definition) is 4. The van der Waals surface area contributed by atoms with Crippen molar-refractivity contribution in [3.8, 4) is 5.75 Å². The molecule has 1 saturated heterocycles. The SMILES string of the molecule is CCOc1ccc(/C=C2\SC(Nc3ccccc3)N([C@@H]3CCCC[C@H]3C)C2=O)c2ccccc12. The number of benzene rings is 3. The second-order valence-corrected chi connectivity index (χ2v) is 10.3. The molecule has 5 rings (SSSR count). The van der Waals surface area contributed by atoms with Crippen LogP contribution in [0.15, 0.2) is 71.6 Å². The standard InChI is InChI=1S/C29H32N2O2S/c1-3-33-26-18-17-21(23-14-8-9-15-24(23)26)19-27-28(32)31(25-16-10-7-11-20(25)2)29(34-27)30-22-12-5-4-6-13-22/h4-6,8-9,12-15,17-20,25,29-30H,3,7,10-11,16H2,1-2H3/b27-19-/t20-,25-,29?/m1/s1. The molecular formula is C29H32N2O2S. The van der Waals surface area contributed by atoms with E-state index in [1.807, 2.05) is 43.3 Å². The van der Waals surface area contributed by atoms with E-state index in [4.69, 9.17) is 4.74 Å². The molecule has 1 heterocycles. The molecule has 5 heteroatoms. The first-order chi connectivity index (χ1) is 16.7. The van der Waals surface area contributed by atoms with E-state index in [0.717, 1.165) is 39.1 Å². The molecule has 0 aromatic heterocycles. The molecule has 3 aromatic carbocycles. The van der Waals surface area contributed by atoms with Gasteiger partial charge in [-0.2, -0.15) is 0 Å². The number of fused-ring (bicyclic) bond motifs is 1. The third-order valence-electron chi connectivity index (χ3n) is 6.93. The molecule has 0 radical (unpaired) electrons. The van der Waals surface area contributed by atoms with Crippen LogP contribution in [0.1, 0.15) is 45.1 Å². The summed E-state index contributed by atoms with van der Waals surface area (Å²) in [5.41, 5.74) is 1.97. The summed E-state index contributed by atoms with van der Waals surface area (Å²) in [6, 6.07) is 22.8. The number of para-hydroxylation sites is 1. The lowest BCUT2D eigenvalue weighted by atomic mass is 9.85. The number of nitrogens with one attached hydrogen (secondary N) is 1. The molecule has 3 atom stereocenters. The van der Waals surface area contributed by atoms with E-state index < -0.39 is 0 Å². The third kappa shape index (κ3) is 4.54. The first-order valence-electron chi connectivity index (χ1n) is 12.3. The van der Waals surface area contributed by atoms with Gasteiger partial charge in [-0.1, -0.05) is 80.1 Å². The Morgan fingerprint density at radius 2 is 1.74 bits per heavy atom. The van der Waals surface area contributed by atoms with Gasteiger partial charge in [0.2, 0.25) is 0 Å². The number of amides is 1. The highest BCUT2D eigenvalue weighted by Crippen LogP contribution is 2.43. The molecule has 0 bridgehead atoms. The van der Waals surface area contributed by atoms with E-state index in [2.05, 4.69) is 53.5 Å². The van der Waals surface area contributed by atoms with Gasteiger partial charge in [0.25, 0.3) is 5.91 Å². The summed E-state index contributed by atoms with van der Waals surface area (Å²) in [7, 11) is 0. The zero-order valence-corrected chi connectivity index (χ0v) is 20.7. The molecule has 1 aliphatic carbocycles. The highest BCUT2D eigenvalue weighted by atomic mass is 32.2. The van der Waals surface area contributed by atoms with Gasteiger partial charge in [-0.05, 0) is 60.9 Å². The molecule has 1 unspecified atom stereocenters. The van der Waals surface area contributed by atoms with Crippen molar-refractivity contribution in [2.24, 2.45) is 5.92 Å². The van der Waals surface area contributed by atoms with E-state index in [-0.39, 0.29) is 17.4 Å². The number of thioether (sulfide) groups is 1. The predicted molar refractivity (Wildman–Crippen MR) is 143 cm³/mol. The summed E-state index contributed by atoms with van der Waals surface area (Å²) < 4.78 is 5.85. The van der Waals surface area contributed by atoms with E-state index in [9.17, 15) is 4.79 Å². The lowest BCUT2D eigenvalue weighted by Gasteiger charge is -2.39. The van der Waals surface area contributed by atoms with Crippen LogP contribution >= 0.6 is 11.8 Å². The van der Waals surface area contributed by atoms with Crippen molar-refractivity contribution < 1.29 is 9.53 Å². The van der Waals surface area contributed by atoms with Crippen LogP contribution in [0.25, 0.3) is 16.8 Å². The lowest BCUT2D eigenvalue weighted by molar-refractivity contribution is -0.129. The molecule has 2 aliphatic rings. The number of anilines is 1. The van der Waals surface area contributed by atoms with Crippen molar-refractivity contribution in [1.82, 2.24) is 4.90 Å². The average Bonchev–Trinajstić information content (AvgIpc) is 3.16. The quantitative estimate of drug-likeness (QED) is 0.388. The zero-order valence-electron chi connectivity index (χ0n) is 19.9. The van der Waals surface area contributed by atoms with Crippen LogP contribution in [0.5, 0.6) is 5.75 Å². The highest BCUT2D eigenvalue weighted by Gasteiger charge is 2.42. The number of carbonyl (C=O) groups excluding carboxylic acids is 1. The molecule has 1 N–H and O–H groups in total. The smallest absolute Gasteiger partial charge is 0.262 e. The Kier molecular flexibility index (Phi) is 6.82. The van der Waals surface area contributed by atoms with Crippen LogP contribution in [-0.2, 0) is 4.79 Å². The fraction of sp³-hybridized carbons (Fsp3) is 0.345. The molecule has 1 aliphatic heterocycles. The first-order valence-corrected chi connectivity index (χ1v) is 13.2. The minimum Gasteiger partial charge on any atom is -0.493 e. The maximum Gasteiger partial charge on any atom is 0.262 e. The summed E-state index contributed by atoms with van der Waals surface area (Å²) in [5.74, 6) is 1.52. The molecule has 3 aromatic rings. The fourth-order valence-corrected chi connectivity index (χ4v) is 6.41. The second-order valence-electron chi connectivity index (χ2n) is 9.16. The van der Waals surface area contributed by atoms with Crippen molar-refractivity contribution in [3.63, 3.8) is 0 Å². The predicted octanol–water partition coefficient (Wildman–Crippen LogP) is 7.13. The molecule has 0 spiro atoms. The summed E-state index contributed by atoms with van der Waals surface area (Å²) in [4.78, 5) is 16.7. The Morgan fingerprint density at radius 3 is 2.50 bits per heavy atom. The van der Waals surface area contributed by atoms with Crippen LogP contribution in [-0.4, -0.2) is 29.0 Å². The molecule has 176 valence electrons. The van der Waals surface area contributed by atoms with Gasteiger partial charge in [0.15, 0.2) is 5.50 Å². The molecule has 2 fully saturated rings. The van der Waals surface area contributed by atoms with E-state index >= 15 is 0 Å². The Morgan fingerprint density at radius 1 is 1.00 bits per heavy atom. The maximum atomic E-state index is 13.8. The monoisotopic (exact) mass is 472 g/mol. The number of ether oxygens (including phenoxy) is 1. The molecular weight excluding hydrogens is 440 g/mol. The molecule has 1 amide bonds. The van der Waals surface area contributed by atoms with Crippen molar-refractivity contribution in [1.29, 1.82) is 0 Å². The Bertz CT molecular complexity index is 1190. The van der Waals surface area contributed by atoms with Crippen LogP contribution < -0.4 is 10.1 Å². The van der Waals surface area contributed by atoms with Gasteiger partial charge in [0.1, 0.15) is 5.75 Å². The lowest BCUT2D eigenvalue weighted by Crippen LogP contribution is -2.48. The van der Waals surface area contributed by atoms with E-state index in [1.54, 1.807) is 11.8 Å². The molecule has 4 nitrogen and oxygen atoms in total. The third-order valence-corrected chi connectivity index (χ3v) is 8.04. The van der Waals surface area contributed by atoms with Crippen LogP contribution in [0.4, 0.5) is 5.69 Å². The topological polar surface area (TPSA) is 41.6 Å². The maximum absolute atomic E-state index is 13.8. The van der Waals surface area contributed by atoms with Crippen molar-refractivity contribution in [3.05, 3.63) is 77.2 Å². The average molecular weight is 473 g/mol. The zero-order chi connectivity index (χ0) is 23.5. The van der Waals surface area contributed by atoms with Crippen LogP contribution in [0.2, 0.25) is 0 Å². The normalized spacial score (nSPS) is 24.1. The number of hydrogen-bond donors (Lipinski definition) is 1. The Hall–Kier alpha value is -2.92. The van der Waals surface area contributed by atoms with Gasteiger partial charge < -0.3 is 15.0 Å². The van der Waals surface area contributed by atoms with Gasteiger partial charge in [0, 0.05) is 17.1 Å². The highest BCUT2D eigenvalue weighted by molar-refractivity contribution is 8.05. The number of carbonyl (C=O) groups is 1.